The Morgan fingerprint density at radius 3 is 2.65 bits per heavy atom. The van der Waals surface area contributed by atoms with E-state index in [0.29, 0.717) is 17.9 Å². The van der Waals surface area contributed by atoms with Gasteiger partial charge in [0.25, 0.3) is 0 Å². The van der Waals surface area contributed by atoms with Crippen LogP contribution in [0, 0.1) is 5.92 Å². The number of hydrogen-bond donors (Lipinski definition) is 1. The number of hydrogen-bond acceptors (Lipinski definition) is 3. The predicted molar refractivity (Wildman–Crippen MR) is 84.7 cm³/mol. The minimum absolute atomic E-state index is 0.0335. The standard InChI is InChI=1S/C14H18BrClO3S/c1-20(18,19)13-4-2-3-9(7-13)14(17)10-5-11(15)8-12(16)6-10/h5-6,8-9,13-14,17H,2-4,7H2,1H3. The van der Waals surface area contributed by atoms with Gasteiger partial charge in [-0.25, -0.2) is 8.42 Å². The average Bonchev–Trinajstić information content (AvgIpc) is 2.36. The maximum Gasteiger partial charge on any atom is 0.150 e. The molecule has 1 aromatic carbocycles. The van der Waals surface area contributed by atoms with Crippen LogP contribution in [0.5, 0.6) is 0 Å². The molecule has 0 spiro atoms. The smallest absolute Gasteiger partial charge is 0.150 e. The molecule has 0 aliphatic heterocycles. The van der Waals surface area contributed by atoms with Gasteiger partial charge in [-0.2, -0.15) is 0 Å². The monoisotopic (exact) mass is 380 g/mol. The van der Waals surface area contributed by atoms with E-state index in [-0.39, 0.29) is 11.2 Å². The molecule has 0 amide bonds. The number of benzene rings is 1. The molecule has 3 nitrogen and oxygen atoms in total. The first-order valence-electron chi connectivity index (χ1n) is 6.60. The molecular formula is C14H18BrClO3S. The van der Waals surface area contributed by atoms with Crippen LogP contribution >= 0.6 is 27.5 Å². The number of halogens is 2. The van der Waals surface area contributed by atoms with Gasteiger partial charge in [0.15, 0.2) is 0 Å². The molecule has 1 aliphatic rings. The van der Waals surface area contributed by atoms with Crippen LogP contribution < -0.4 is 0 Å². The highest BCUT2D eigenvalue weighted by Gasteiger charge is 2.33. The molecule has 3 atom stereocenters. The zero-order chi connectivity index (χ0) is 14.9. The third kappa shape index (κ3) is 3.97. The first-order chi connectivity index (χ1) is 9.27. The summed E-state index contributed by atoms with van der Waals surface area (Å²) in [6.45, 7) is 0. The highest BCUT2D eigenvalue weighted by molar-refractivity contribution is 9.10. The summed E-state index contributed by atoms with van der Waals surface area (Å²) in [6.07, 6.45) is 3.50. The molecular weight excluding hydrogens is 364 g/mol. The Hall–Kier alpha value is -0.100. The van der Waals surface area contributed by atoms with E-state index in [1.165, 1.54) is 6.26 Å². The second-order valence-electron chi connectivity index (χ2n) is 5.53. The maximum absolute atomic E-state index is 11.7. The van der Waals surface area contributed by atoms with Crippen LogP contribution in [0.15, 0.2) is 22.7 Å². The number of rotatable bonds is 3. The van der Waals surface area contributed by atoms with Crippen molar-refractivity contribution in [1.82, 2.24) is 0 Å². The van der Waals surface area contributed by atoms with E-state index in [1.54, 1.807) is 12.1 Å². The molecule has 0 bridgehead atoms. The normalized spacial score (nSPS) is 25.4. The fraction of sp³-hybridized carbons (Fsp3) is 0.571. The van der Waals surface area contributed by atoms with E-state index >= 15 is 0 Å². The summed E-state index contributed by atoms with van der Waals surface area (Å²) < 4.78 is 24.2. The Morgan fingerprint density at radius 2 is 2.05 bits per heavy atom. The first kappa shape index (κ1) is 16.3. The largest absolute Gasteiger partial charge is 0.388 e. The molecule has 1 saturated carbocycles. The van der Waals surface area contributed by atoms with Crippen LogP contribution in [0.4, 0.5) is 0 Å². The van der Waals surface area contributed by atoms with Crippen LogP contribution in [-0.4, -0.2) is 25.0 Å². The third-order valence-corrected chi connectivity index (χ3v) is 6.26. The molecule has 6 heteroatoms. The number of aliphatic hydroxyl groups is 1. The molecule has 0 heterocycles. The highest BCUT2D eigenvalue weighted by atomic mass is 79.9. The molecule has 1 fully saturated rings. The third-order valence-electron chi connectivity index (χ3n) is 3.95. The van der Waals surface area contributed by atoms with Crippen molar-refractivity contribution in [3.63, 3.8) is 0 Å². The van der Waals surface area contributed by atoms with Gasteiger partial charge in [0.1, 0.15) is 9.84 Å². The maximum atomic E-state index is 11.7. The number of aliphatic hydroxyl groups excluding tert-OH is 1. The van der Waals surface area contributed by atoms with Gasteiger partial charge in [0, 0.05) is 15.8 Å². The Labute approximate surface area is 133 Å². The molecule has 3 unspecified atom stereocenters. The SMILES string of the molecule is CS(=O)(=O)C1CCCC(C(O)c2cc(Cl)cc(Br)c2)C1. The molecule has 1 aromatic rings. The summed E-state index contributed by atoms with van der Waals surface area (Å²) in [7, 11) is -3.04. The Morgan fingerprint density at radius 1 is 1.35 bits per heavy atom. The minimum atomic E-state index is -3.04. The Balaban J connectivity index is 2.18. The summed E-state index contributed by atoms with van der Waals surface area (Å²) in [5.41, 5.74) is 0.739. The molecule has 1 aliphatic carbocycles. The fourth-order valence-electron chi connectivity index (χ4n) is 2.87. The van der Waals surface area contributed by atoms with Gasteiger partial charge < -0.3 is 5.11 Å². The quantitative estimate of drug-likeness (QED) is 0.867. The fourth-order valence-corrected chi connectivity index (χ4v) is 4.95. The predicted octanol–water partition coefficient (Wildman–Crippen LogP) is 3.74. The van der Waals surface area contributed by atoms with Gasteiger partial charge >= 0.3 is 0 Å². The lowest BCUT2D eigenvalue weighted by molar-refractivity contribution is 0.0857. The lowest BCUT2D eigenvalue weighted by Crippen LogP contribution is -2.30. The summed E-state index contributed by atoms with van der Waals surface area (Å²) in [4.78, 5) is 0. The zero-order valence-corrected chi connectivity index (χ0v) is 14.4. The van der Waals surface area contributed by atoms with Gasteiger partial charge in [0.05, 0.1) is 11.4 Å². The van der Waals surface area contributed by atoms with E-state index in [0.717, 1.165) is 22.9 Å². The Bertz CT molecular complexity index is 568. The minimum Gasteiger partial charge on any atom is -0.388 e. The van der Waals surface area contributed by atoms with Gasteiger partial charge in [-0.3, -0.25) is 0 Å². The van der Waals surface area contributed by atoms with Crippen LogP contribution in [0.1, 0.15) is 37.4 Å². The molecule has 0 radical (unpaired) electrons. The lowest BCUT2D eigenvalue weighted by Gasteiger charge is -2.31. The summed E-state index contributed by atoms with van der Waals surface area (Å²) in [6, 6.07) is 5.33. The van der Waals surface area contributed by atoms with Crippen molar-refractivity contribution in [3.05, 3.63) is 33.3 Å². The van der Waals surface area contributed by atoms with Crippen molar-refractivity contribution in [2.75, 3.05) is 6.26 Å². The molecule has 20 heavy (non-hydrogen) atoms. The first-order valence-corrected chi connectivity index (χ1v) is 9.73. The summed E-state index contributed by atoms with van der Waals surface area (Å²) >= 11 is 9.35. The van der Waals surface area contributed by atoms with Crippen LogP contribution in [0.3, 0.4) is 0 Å². The van der Waals surface area contributed by atoms with Gasteiger partial charge in [-0.15, -0.1) is 0 Å². The van der Waals surface area contributed by atoms with Crippen LogP contribution in [0.2, 0.25) is 5.02 Å². The molecule has 0 saturated heterocycles. The van der Waals surface area contributed by atoms with Gasteiger partial charge in [0.2, 0.25) is 0 Å². The molecule has 112 valence electrons. The molecule has 0 aromatic heterocycles. The van der Waals surface area contributed by atoms with Crippen molar-refractivity contribution in [1.29, 1.82) is 0 Å². The van der Waals surface area contributed by atoms with Crippen molar-refractivity contribution >= 4 is 37.4 Å². The highest BCUT2D eigenvalue weighted by Crippen LogP contribution is 2.38. The van der Waals surface area contributed by atoms with Gasteiger partial charge in [-0.05, 0) is 48.9 Å². The molecule has 1 N–H and O–H groups in total. The van der Waals surface area contributed by atoms with E-state index in [2.05, 4.69) is 15.9 Å². The van der Waals surface area contributed by atoms with E-state index in [9.17, 15) is 13.5 Å². The lowest BCUT2D eigenvalue weighted by atomic mass is 9.82. The number of sulfone groups is 1. The van der Waals surface area contributed by atoms with E-state index < -0.39 is 15.9 Å². The van der Waals surface area contributed by atoms with Crippen molar-refractivity contribution in [2.45, 2.75) is 37.0 Å². The second kappa shape index (κ2) is 6.34. The Kier molecular flexibility index (Phi) is 5.16. The van der Waals surface area contributed by atoms with Crippen molar-refractivity contribution < 1.29 is 13.5 Å². The van der Waals surface area contributed by atoms with Crippen molar-refractivity contribution in [2.24, 2.45) is 5.92 Å². The van der Waals surface area contributed by atoms with Crippen molar-refractivity contribution in [3.8, 4) is 0 Å². The van der Waals surface area contributed by atoms with E-state index in [1.807, 2.05) is 6.07 Å². The van der Waals surface area contributed by atoms with E-state index in [4.69, 9.17) is 11.6 Å². The average molecular weight is 382 g/mol. The molecule has 2 rings (SSSR count). The summed E-state index contributed by atoms with van der Waals surface area (Å²) in [5.74, 6) is -0.0335. The summed E-state index contributed by atoms with van der Waals surface area (Å²) in [5, 5.41) is 10.7. The topological polar surface area (TPSA) is 54.4 Å². The van der Waals surface area contributed by atoms with Crippen LogP contribution in [0.25, 0.3) is 0 Å². The second-order valence-corrected chi connectivity index (χ2v) is 9.20. The zero-order valence-electron chi connectivity index (χ0n) is 11.2. The van der Waals surface area contributed by atoms with Gasteiger partial charge in [-0.1, -0.05) is 34.0 Å². The van der Waals surface area contributed by atoms with Crippen LogP contribution in [-0.2, 0) is 9.84 Å².